The topological polar surface area (TPSA) is 29.9 Å². The second kappa shape index (κ2) is 7.73. The van der Waals surface area contributed by atoms with Gasteiger partial charge in [-0.3, -0.25) is 0 Å². The van der Waals surface area contributed by atoms with Crippen LogP contribution in [0.2, 0.25) is 0 Å². The zero-order valence-electron chi connectivity index (χ0n) is 17.8. The van der Waals surface area contributed by atoms with E-state index in [4.69, 9.17) is 5.73 Å². The molecular formula is C29H25N2+. The van der Waals surface area contributed by atoms with Gasteiger partial charge in [0, 0.05) is 29.4 Å². The van der Waals surface area contributed by atoms with Gasteiger partial charge in [-0.1, -0.05) is 60.7 Å². The fourth-order valence-corrected chi connectivity index (χ4v) is 4.22. The molecule has 0 unspecified atom stereocenters. The maximum atomic E-state index is 6.05. The van der Waals surface area contributed by atoms with E-state index >= 15 is 0 Å². The van der Waals surface area contributed by atoms with Crippen molar-refractivity contribution >= 4 is 39.4 Å². The van der Waals surface area contributed by atoms with Gasteiger partial charge in [0.25, 0.3) is 0 Å². The number of hydrogen-bond acceptors (Lipinski definition) is 1. The average molecular weight is 402 g/mol. The molecule has 0 radical (unpaired) electrons. The van der Waals surface area contributed by atoms with Gasteiger partial charge in [0.1, 0.15) is 0 Å². The van der Waals surface area contributed by atoms with E-state index in [9.17, 15) is 0 Å². The van der Waals surface area contributed by atoms with E-state index in [1.165, 1.54) is 32.7 Å². The van der Waals surface area contributed by atoms with Crippen molar-refractivity contribution in [3.8, 4) is 5.69 Å². The molecular weight excluding hydrogens is 376 g/mol. The number of nitrogens with zero attached hydrogens (tertiary/aromatic N) is 1. The number of aryl methyl sites for hydroxylation is 2. The lowest BCUT2D eigenvalue weighted by Gasteiger charge is -2.08. The van der Waals surface area contributed by atoms with Crippen LogP contribution in [-0.4, -0.2) is 0 Å². The van der Waals surface area contributed by atoms with Crippen molar-refractivity contribution in [1.82, 2.24) is 0 Å². The van der Waals surface area contributed by atoms with Crippen LogP contribution in [0.5, 0.6) is 0 Å². The zero-order chi connectivity index (χ0) is 21.4. The van der Waals surface area contributed by atoms with Gasteiger partial charge in [-0.15, -0.1) is 0 Å². The quantitative estimate of drug-likeness (QED) is 0.205. The highest BCUT2D eigenvalue weighted by Gasteiger charge is 2.11. The first-order valence-corrected chi connectivity index (χ1v) is 10.6. The van der Waals surface area contributed by atoms with Gasteiger partial charge in [0.15, 0.2) is 12.4 Å². The number of rotatable bonds is 3. The standard InChI is InChI=1S/C29H25N2/c1-20-18-29(21(2)17-28(20)30)31-15-13-22(14-16-31)11-12-27-25-9-5-3-7-23(25)19-24-8-4-6-10-26(24)27/h3-19H,30H2,1-2H3/q+1/b12-11+. The lowest BCUT2D eigenvalue weighted by molar-refractivity contribution is -0.596. The van der Waals surface area contributed by atoms with Gasteiger partial charge in [0.2, 0.25) is 5.69 Å². The molecule has 0 spiro atoms. The van der Waals surface area contributed by atoms with Crippen LogP contribution >= 0.6 is 0 Å². The molecule has 150 valence electrons. The Labute approximate surface area is 182 Å². The Morgan fingerprint density at radius 1 is 0.677 bits per heavy atom. The molecule has 0 saturated carbocycles. The molecule has 5 aromatic rings. The predicted molar refractivity (Wildman–Crippen MR) is 132 cm³/mol. The highest BCUT2D eigenvalue weighted by molar-refractivity contribution is 6.07. The van der Waals surface area contributed by atoms with E-state index < -0.39 is 0 Å². The number of aromatic nitrogens is 1. The number of nitrogen functional groups attached to an aromatic ring is 1. The summed E-state index contributed by atoms with van der Waals surface area (Å²) in [6.45, 7) is 4.14. The Hall–Kier alpha value is -3.91. The molecule has 5 rings (SSSR count). The third-order valence-electron chi connectivity index (χ3n) is 5.97. The van der Waals surface area contributed by atoms with E-state index in [0.717, 1.165) is 22.5 Å². The first-order chi connectivity index (χ1) is 15.1. The van der Waals surface area contributed by atoms with Crippen molar-refractivity contribution in [2.45, 2.75) is 13.8 Å². The summed E-state index contributed by atoms with van der Waals surface area (Å²) < 4.78 is 2.15. The average Bonchev–Trinajstić information content (AvgIpc) is 2.79. The number of anilines is 1. The van der Waals surface area contributed by atoms with Crippen molar-refractivity contribution in [3.63, 3.8) is 0 Å². The van der Waals surface area contributed by atoms with Crippen molar-refractivity contribution in [2.75, 3.05) is 5.73 Å². The van der Waals surface area contributed by atoms with Gasteiger partial charge in [0.05, 0.1) is 0 Å². The maximum Gasteiger partial charge on any atom is 0.213 e. The van der Waals surface area contributed by atoms with Crippen LogP contribution in [0.1, 0.15) is 22.3 Å². The van der Waals surface area contributed by atoms with Crippen molar-refractivity contribution < 1.29 is 4.57 Å². The van der Waals surface area contributed by atoms with Crippen LogP contribution in [0.15, 0.2) is 91.3 Å². The molecule has 0 amide bonds. The molecule has 0 aliphatic heterocycles. The van der Waals surface area contributed by atoms with Crippen LogP contribution in [-0.2, 0) is 0 Å². The SMILES string of the molecule is Cc1cc(-[n+]2ccc(/C=C/c3c4ccccc4cc4ccccc34)cc2)c(C)cc1N. The van der Waals surface area contributed by atoms with E-state index in [0.29, 0.717) is 0 Å². The second-order valence-corrected chi connectivity index (χ2v) is 8.10. The van der Waals surface area contributed by atoms with Gasteiger partial charge in [-0.05, 0) is 64.2 Å². The minimum absolute atomic E-state index is 0.837. The van der Waals surface area contributed by atoms with Gasteiger partial charge >= 0.3 is 0 Å². The number of hydrogen-bond donors (Lipinski definition) is 1. The summed E-state index contributed by atoms with van der Waals surface area (Å²) >= 11 is 0. The first-order valence-electron chi connectivity index (χ1n) is 10.6. The Kier molecular flexibility index (Phi) is 4.76. The monoisotopic (exact) mass is 401 g/mol. The Bertz CT molecular complexity index is 1390. The summed E-state index contributed by atoms with van der Waals surface area (Å²) in [6.07, 6.45) is 8.65. The van der Waals surface area contributed by atoms with Crippen LogP contribution in [0, 0.1) is 13.8 Å². The van der Waals surface area contributed by atoms with Gasteiger partial charge in [-0.25, -0.2) is 0 Å². The van der Waals surface area contributed by atoms with Crippen LogP contribution in [0.3, 0.4) is 0 Å². The highest BCUT2D eigenvalue weighted by Crippen LogP contribution is 2.30. The van der Waals surface area contributed by atoms with Gasteiger partial charge < -0.3 is 5.73 Å². The predicted octanol–water partition coefficient (Wildman–Crippen LogP) is 6.64. The largest absolute Gasteiger partial charge is 0.398 e. The Balaban J connectivity index is 1.54. The third-order valence-corrected chi connectivity index (χ3v) is 5.97. The lowest BCUT2D eigenvalue weighted by Crippen LogP contribution is -2.30. The van der Waals surface area contributed by atoms with Crippen LogP contribution in [0.4, 0.5) is 5.69 Å². The third kappa shape index (κ3) is 3.57. The highest BCUT2D eigenvalue weighted by atomic mass is 14.9. The fraction of sp³-hybridized carbons (Fsp3) is 0.0690. The first kappa shape index (κ1) is 19.1. The smallest absolute Gasteiger partial charge is 0.213 e. The maximum absolute atomic E-state index is 6.05. The molecule has 0 atom stereocenters. The molecule has 1 aromatic heterocycles. The fourth-order valence-electron chi connectivity index (χ4n) is 4.22. The van der Waals surface area contributed by atoms with E-state index in [1.807, 2.05) is 13.0 Å². The van der Waals surface area contributed by atoms with Crippen molar-refractivity contribution in [3.05, 3.63) is 114 Å². The van der Waals surface area contributed by atoms with Crippen LogP contribution < -0.4 is 10.3 Å². The molecule has 0 saturated heterocycles. The molecule has 4 aromatic carbocycles. The van der Waals surface area contributed by atoms with E-state index in [2.05, 4.69) is 109 Å². The second-order valence-electron chi connectivity index (χ2n) is 8.10. The minimum Gasteiger partial charge on any atom is -0.398 e. The summed E-state index contributed by atoms with van der Waals surface area (Å²) in [5, 5.41) is 5.08. The minimum atomic E-state index is 0.837. The molecule has 2 nitrogen and oxygen atoms in total. The molecule has 2 heteroatoms. The molecule has 0 fully saturated rings. The normalized spacial score (nSPS) is 11.5. The number of nitrogens with two attached hydrogens (primary N) is 1. The molecule has 31 heavy (non-hydrogen) atoms. The van der Waals surface area contributed by atoms with Crippen molar-refractivity contribution in [2.24, 2.45) is 0 Å². The zero-order valence-corrected chi connectivity index (χ0v) is 17.8. The van der Waals surface area contributed by atoms with Crippen LogP contribution in [0.25, 0.3) is 39.4 Å². The molecule has 2 N–H and O–H groups in total. The molecule has 0 aliphatic rings. The summed E-state index contributed by atoms with van der Waals surface area (Å²) in [7, 11) is 0. The van der Waals surface area contributed by atoms with Gasteiger partial charge in [-0.2, -0.15) is 4.57 Å². The number of pyridine rings is 1. The Morgan fingerprint density at radius 3 is 1.94 bits per heavy atom. The number of fused-ring (bicyclic) bond motifs is 2. The number of benzene rings is 4. The molecule has 1 heterocycles. The van der Waals surface area contributed by atoms with Crippen molar-refractivity contribution in [1.29, 1.82) is 0 Å². The summed E-state index contributed by atoms with van der Waals surface area (Å²) in [4.78, 5) is 0. The molecule has 0 aliphatic carbocycles. The summed E-state index contributed by atoms with van der Waals surface area (Å²) in [5.74, 6) is 0. The summed E-state index contributed by atoms with van der Waals surface area (Å²) in [5.41, 5.74) is 12.7. The Morgan fingerprint density at radius 2 is 1.29 bits per heavy atom. The summed E-state index contributed by atoms with van der Waals surface area (Å²) in [6, 6.07) is 27.9. The van der Waals surface area contributed by atoms with E-state index in [-0.39, 0.29) is 0 Å². The lowest BCUT2D eigenvalue weighted by atomic mass is 9.96. The molecule has 0 bridgehead atoms. The van der Waals surface area contributed by atoms with E-state index in [1.54, 1.807) is 0 Å².